The van der Waals surface area contributed by atoms with E-state index in [9.17, 15) is 18.0 Å². The SMILES string of the molecule is COc1ccccc1NC(=O)CNC(=O)c1cccc(S(=O)(=O)N(C)C)c1. The molecule has 2 aromatic carbocycles. The number of hydrogen-bond donors (Lipinski definition) is 2. The van der Waals surface area contributed by atoms with Crippen LogP contribution in [0.5, 0.6) is 5.75 Å². The van der Waals surface area contributed by atoms with E-state index in [2.05, 4.69) is 10.6 Å². The number of nitrogens with zero attached hydrogens (tertiary/aromatic N) is 1. The number of nitrogens with one attached hydrogen (secondary N) is 2. The molecule has 9 heteroatoms. The van der Waals surface area contributed by atoms with Gasteiger partial charge in [0.2, 0.25) is 15.9 Å². The fourth-order valence-corrected chi connectivity index (χ4v) is 3.16. The second kappa shape index (κ2) is 8.65. The van der Waals surface area contributed by atoms with Gasteiger partial charge >= 0.3 is 0 Å². The topological polar surface area (TPSA) is 105 Å². The van der Waals surface area contributed by atoms with E-state index in [4.69, 9.17) is 4.74 Å². The van der Waals surface area contributed by atoms with Gasteiger partial charge in [-0.25, -0.2) is 12.7 Å². The second-order valence-corrected chi connectivity index (χ2v) is 7.90. The normalized spacial score (nSPS) is 11.1. The van der Waals surface area contributed by atoms with Crippen molar-refractivity contribution in [3.63, 3.8) is 0 Å². The maximum Gasteiger partial charge on any atom is 0.251 e. The monoisotopic (exact) mass is 391 g/mol. The maximum absolute atomic E-state index is 12.2. The number of rotatable bonds is 7. The molecule has 27 heavy (non-hydrogen) atoms. The molecular weight excluding hydrogens is 370 g/mol. The first kappa shape index (κ1) is 20.4. The Balaban J connectivity index is 2.03. The summed E-state index contributed by atoms with van der Waals surface area (Å²) < 4.78 is 30.5. The van der Waals surface area contributed by atoms with Crippen LogP contribution < -0.4 is 15.4 Å². The molecule has 2 amide bonds. The van der Waals surface area contributed by atoms with E-state index >= 15 is 0 Å². The van der Waals surface area contributed by atoms with Gasteiger partial charge in [0, 0.05) is 19.7 Å². The summed E-state index contributed by atoms with van der Waals surface area (Å²) in [6, 6.07) is 12.5. The van der Waals surface area contributed by atoms with Crippen LogP contribution in [0, 0.1) is 0 Å². The molecule has 0 bridgehead atoms. The minimum atomic E-state index is -3.65. The van der Waals surface area contributed by atoms with E-state index in [-0.39, 0.29) is 17.0 Å². The molecule has 0 aliphatic carbocycles. The van der Waals surface area contributed by atoms with Crippen molar-refractivity contribution in [1.82, 2.24) is 9.62 Å². The Labute approximate surface area is 158 Å². The lowest BCUT2D eigenvalue weighted by Gasteiger charge is -2.12. The van der Waals surface area contributed by atoms with Crippen molar-refractivity contribution in [3.8, 4) is 5.75 Å². The number of anilines is 1. The zero-order chi connectivity index (χ0) is 20.0. The molecule has 0 fully saturated rings. The molecule has 0 heterocycles. The number of carbonyl (C=O) groups is 2. The third kappa shape index (κ3) is 5.05. The van der Waals surface area contributed by atoms with Gasteiger partial charge in [0.15, 0.2) is 0 Å². The fourth-order valence-electron chi connectivity index (χ4n) is 2.21. The number of hydrogen-bond acceptors (Lipinski definition) is 5. The molecule has 0 saturated heterocycles. The Morgan fingerprint density at radius 3 is 2.44 bits per heavy atom. The summed E-state index contributed by atoms with van der Waals surface area (Å²) in [5.41, 5.74) is 0.626. The zero-order valence-corrected chi connectivity index (χ0v) is 16.0. The molecule has 0 radical (unpaired) electrons. The molecule has 2 rings (SSSR count). The van der Waals surface area contributed by atoms with Crippen LogP contribution in [0.1, 0.15) is 10.4 Å². The number of carbonyl (C=O) groups excluding carboxylic acids is 2. The maximum atomic E-state index is 12.2. The summed E-state index contributed by atoms with van der Waals surface area (Å²) >= 11 is 0. The quantitative estimate of drug-likeness (QED) is 0.741. The summed E-state index contributed by atoms with van der Waals surface area (Å²) in [5.74, 6) is -0.496. The van der Waals surface area contributed by atoms with Gasteiger partial charge in [0.25, 0.3) is 5.91 Å². The molecular formula is C18H21N3O5S. The number of ether oxygens (including phenoxy) is 1. The third-order valence-corrected chi connectivity index (χ3v) is 5.48. The van der Waals surface area contributed by atoms with Crippen molar-refractivity contribution in [2.24, 2.45) is 0 Å². The van der Waals surface area contributed by atoms with E-state index in [0.717, 1.165) is 4.31 Å². The summed E-state index contributed by atoms with van der Waals surface area (Å²) in [7, 11) is 0.649. The Morgan fingerprint density at radius 1 is 1.07 bits per heavy atom. The van der Waals surface area contributed by atoms with Crippen LogP contribution in [0.25, 0.3) is 0 Å². The van der Waals surface area contributed by atoms with E-state index in [1.165, 1.54) is 45.5 Å². The molecule has 0 aliphatic heterocycles. The van der Waals surface area contributed by atoms with Gasteiger partial charge in [0.05, 0.1) is 24.2 Å². The van der Waals surface area contributed by atoms with Crippen LogP contribution in [0.4, 0.5) is 5.69 Å². The number of methoxy groups -OCH3 is 1. The third-order valence-electron chi connectivity index (χ3n) is 3.67. The summed E-state index contributed by atoms with van der Waals surface area (Å²) in [4.78, 5) is 24.3. The van der Waals surface area contributed by atoms with E-state index < -0.39 is 21.8 Å². The van der Waals surface area contributed by atoms with E-state index in [0.29, 0.717) is 11.4 Å². The van der Waals surface area contributed by atoms with Crippen molar-refractivity contribution >= 4 is 27.5 Å². The first-order valence-electron chi connectivity index (χ1n) is 7.99. The lowest BCUT2D eigenvalue weighted by atomic mass is 10.2. The molecule has 0 atom stereocenters. The standard InChI is InChI=1S/C18H21N3O5S/c1-21(2)27(24,25)14-8-6-7-13(11-14)18(23)19-12-17(22)20-15-9-4-5-10-16(15)26-3/h4-11H,12H2,1-3H3,(H,19,23)(H,20,22). The minimum absolute atomic E-state index is 0.00127. The first-order valence-corrected chi connectivity index (χ1v) is 9.43. The van der Waals surface area contributed by atoms with E-state index in [1.807, 2.05) is 0 Å². The molecule has 2 N–H and O–H groups in total. The summed E-state index contributed by atoms with van der Waals surface area (Å²) in [6.07, 6.45) is 0. The largest absolute Gasteiger partial charge is 0.495 e. The van der Waals surface area contributed by atoms with Crippen LogP contribution in [0.3, 0.4) is 0 Å². The minimum Gasteiger partial charge on any atom is -0.495 e. The Hall–Kier alpha value is -2.91. The zero-order valence-electron chi connectivity index (χ0n) is 15.2. The highest BCUT2D eigenvalue weighted by Gasteiger charge is 2.19. The molecule has 0 aliphatic rings. The highest BCUT2D eigenvalue weighted by Crippen LogP contribution is 2.22. The van der Waals surface area contributed by atoms with Crippen molar-refractivity contribution in [2.75, 3.05) is 33.1 Å². The van der Waals surface area contributed by atoms with Crippen LogP contribution in [0.15, 0.2) is 53.4 Å². The second-order valence-electron chi connectivity index (χ2n) is 5.75. The molecule has 0 saturated carbocycles. The first-order chi connectivity index (χ1) is 12.8. The van der Waals surface area contributed by atoms with Gasteiger partial charge in [-0.1, -0.05) is 18.2 Å². The van der Waals surface area contributed by atoms with Crippen LogP contribution >= 0.6 is 0 Å². The lowest BCUT2D eigenvalue weighted by molar-refractivity contribution is -0.115. The van der Waals surface area contributed by atoms with Crippen molar-refractivity contribution in [1.29, 1.82) is 0 Å². The molecule has 0 aromatic heterocycles. The van der Waals surface area contributed by atoms with Crippen LogP contribution in [-0.2, 0) is 14.8 Å². The predicted molar refractivity (Wildman–Crippen MR) is 101 cm³/mol. The molecule has 144 valence electrons. The van der Waals surface area contributed by atoms with Gasteiger partial charge in [-0.2, -0.15) is 0 Å². The highest BCUT2D eigenvalue weighted by atomic mass is 32.2. The molecule has 0 spiro atoms. The predicted octanol–water partition coefficient (Wildman–Crippen LogP) is 1.31. The van der Waals surface area contributed by atoms with E-state index in [1.54, 1.807) is 24.3 Å². The molecule has 2 aromatic rings. The highest BCUT2D eigenvalue weighted by molar-refractivity contribution is 7.89. The average molecular weight is 391 g/mol. The van der Waals surface area contributed by atoms with Crippen molar-refractivity contribution in [2.45, 2.75) is 4.90 Å². The molecule has 8 nitrogen and oxygen atoms in total. The van der Waals surface area contributed by atoms with Crippen molar-refractivity contribution in [3.05, 3.63) is 54.1 Å². The number of benzene rings is 2. The number of sulfonamides is 1. The van der Waals surface area contributed by atoms with Crippen molar-refractivity contribution < 1.29 is 22.7 Å². The number of amides is 2. The summed E-state index contributed by atoms with van der Waals surface area (Å²) in [6.45, 7) is -0.276. The number of para-hydroxylation sites is 2. The Morgan fingerprint density at radius 2 is 1.78 bits per heavy atom. The van der Waals surface area contributed by atoms with Crippen LogP contribution in [0.2, 0.25) is 0 Å². The summed E-state index contributed by atoms with van der Waals surface area (Å²) in [5, 5.41) is 5.10. The smallest absolute Gasteiger partial charge is 0.251 e. The average Bonchev–Trinajstić information content (AvgIpc) is 2.66. The Kier molecular flexibility index (Phi) is 6.54. The van der Waals surface area contributed by atoms with Gasteiger partial charge in [0.1, 0.15) is 5.75 Å². The Bertz CT molecular complexity index is 942. The van der Waals surface area contributed by atoms with Gasteiger partial charge in [-0.3, -0.25) is 9.59 Å². The fraction of sp³-hybridized carbons (Fsp3) is 0.222. The molecule has 0 unspecified atom stereocenters. The lowest BCUT2D eigenvalue weighted by Crippen LogP contribution is -2.33. The van der Waals surface area contributed by atoms with Crippen LogP contribution in [-0.4, -0.2) is 52.3 Å². The van der Waals surface area contributed by atoms with Gasteiger partial charge in [-0.05, 0) is 30.3 Å². The van der Waals surface area contributed by atoms with Gasteiger partial charge in [-0.15, -0.1) is 0 Å². The van der Waals surface area contributed by atoms with Gasteiger partial charge < -0.3 is 15.4 Å².